The Morgan fingerprint density at radius 1 is 1.18 bits per heavy atom. The van der Waals surface area contributed by atoms with Crippen molar-refractivity contribution in [2.24, 2.45) is 16.6 Å². The third-order valence-electron chi connectivity index (χ3n) is 5.00. The number of anilines is 1. The van der Waals surface area contributed by atoms with Crippen LogP contribution < -0.4 is 16.4 Å². The van der Waals surface area contributed by atoms with E-state index in [1.807, 2.05) is 0 Å². The third kappa shape index (κ3) is 6.48. The summed E-state index contributed by atoms with van der Waals surface area (Å²) in [4.78, 5) is 41.4. The molecule has 2 aromatic carbocycles. The lowest BCUT2D eigenvalue weighted by molar-refractivity contribution is -0.143. The zero-order valence-corrected chi connectivity index (χ0v) is 19.0. The average Bonchev–Trinajstić information content (AvgIpc) is 2.88. The highest BCUT2D eigenvalue weighted by Crippen LogP contribution is 2.31. The number of fused-ring (bicyclic) bond motifs is 1. The average molecular weight is 515 g/mol. The van der Waals surface area contributed by atoms with Crippen molar-refractivity contribution in [3.05, 3.63) is 63.6 Å². The summed E-state index contributed by atoms with van der Waals surface area (Å²) in [6, 6.07) is 11.4. The van der Waals surface area contributed by atoms with Gasteiger partial charge in [0.15, 0.2) is 0 Å². The second-order valence-electron chi connectivity index (χ2n) is 7.57. The molecule has 2 aromatic rings. The zero-order chi connectivity index (χ0) is 25.0. The van der Waals surface area contributed by atoms with E-state index in [1.165, 1.54) is 0 Å². The van der Waals surface area contributed by atoms with E-state index in [4.69, 9.17) is 28.9 Å². The molecule has 3 amide bonds. The minimum absolute atomic E-state index is 0.212. The second kappa shape index (κ2) is 10.4. The highest BCUT2D eigenvalue weighted by atomic mass is 35.5. The molecular formula is C22H19Cl2F3N4O3. The van der Waals surface area contributed by atoms with Crippen LogP contribution in [-0.2, 0) is 14.4 Å². The van der Waals surface area contributed by atoms with E-state index in [9.17, 15) is 27.6 Å². The number of aliphatic imine (C=N–C) groups is 1. The van der Waals surface area contributed by atoms with Gasteiger partial charge in [-0.15, -0.1) is 0 Å². The molecule has 1 aliphatic rings. The Balaban J connectivity index is 1.98. The fourth-order valence-electron chi connectivity index (χ4n) is 3.42. The maximum Gasteiger partial charge on any atom is 0.389 e. The summed E-state index contributed by atoms with van der Waals surface area (Å²) in [5.74, 6) is -4.08. The van der Waals surface area contributed by atoms with E-state index in [1.54, 1.807) is 42.5 Å². The molecule has 34 heavy (non-hydrogen) atoms. The summed E-state index contributed by atoms with van der Waals surface area (Å²) in [6.45, 7) is 0. The first-order valence-corrected chi connectivity index (χ1v) is 10.8. The Labute approximate surface area is 202 Å². The van der Waals surface area contributed by atoms with Gasteiger partial charge < -0.3 is 16.4 Å². The number of carbonyl (C=O) groups excluding carboxylic acids is 3. The fraction of sp³-hybridized carbons (Fsp3) is 0.273. The topological polar surface area (TPSA) is 114 Å². The number of nitrogens with one attached hydrogen (secondary N) is 2. The number of amides is 3. The number of alkyl halides is 3. The molecule has 180 valence electrons. The predicted octanol–water partition coefficient (Wildman–Crippen LogP) is 4.06. The quantitative estimate of drug-likeness (QED) is 0.517. The number of carbonyl (C=O) groups is 3. The smallest absolute Gasteiger partial charge is 0.370 e. The molecule has 0 bridgehead atoms. The molecule has 0 saturated carbocycles. The van der Waals surface area contributed by atoms with Crippen molar-refractivity contribution in [1.82, 2.24) is 5.32 Å². The molecule has 2 unspecified atom stereocenters. The number of primary amides is 1. The molecule has 1 aliphatic heterocycles. The summed E-state index contributed by atoms with van der Waals surface area (Å²) < 4.78 is 38.1. The molecule has 7 nitrogen and oxygen atoms in total. The third-order valence-corrected chi connectivity index (χ3v) is 5.55. The molecule has 0 fully saturated rings. The van der Waals surface area contributed by atoms with Gasteiger partial charge in [0.05, 0.1) is 16.4 Å². The summed E-state index contributed by atoms with van der Waals surface area (Å²) in [5, 5.41) is 5.52. The summed E-state index contributed by atoms with van der Waals surface area (Å²) in [6.07, 6.45) is -8.65. The number of nitrogens with zero attached hydrogens (tertiary/aromatic N) is 1. The van der Waals surface area contributed by atoms with Crippen molar-refractivity contribution in [1.29, 1.82) is 0 Å². The molecule has 0 aliphatic carbocycles. The maximum atomic E-state index is 12.9. The minimum atomic E-state index is -4.54. The van der Waals surface area contributed by atoms with Gasteiger partial charge in [-0.1, -0.05) is 47.5 Å². The van der Waals surface area contributed by atoms with Crippen molar-refractivity contribution in [2.75, 3.05) is 5.32 Å². The summed E-state index contributed by atoms with van der Waals surface area (Å²) in [5.41, 5.74) is 6.58. The standard InChI is InChI=1S/C22H19Cl2F3N4O3/c23-13-4-1-3-11(9-13)17-14-5-2-6-15(24)18(14)30-21(34)19(29-17)31-20(33)12(10-16(28)32)7-8-22(25,26)27/h1-6,9,12,19H,7-8,10H2,(H2,28,32)(H,30,34)(H,31,33). The van der Waals surface area contributed by atoms with E-state index in [0.29, 0.717) is 16.1 Å². The van der Waals surface area contributed by atoms with Crippen molar-refractivity contribution in [3.63, 3.8) is 0 Å². The molecule has 0 saturated heterocycles. The Morgan fingerprint density at radius 3 is 2.53 bits per heavy atom. The largest absolute Gasteiger partial charge is 0.389 e. The highest BCUT2D eigenvalue weighted by molar-refractivity contribution is 6.36. The number of hydrogen-bond acceptors (Lipinski definition) is 4. The summed E-state index contributed by atoms with van der Waals surface area (Å²) >= 11 is 12.4. The summed E-state index contributed by atoms with van der Waals surface area (Å²) in [7, 11) is 0. The second-order valence-corrected chi connectivity index (χ2v) is 8.42. The molecule has 0 spiro atoms. The van der Waals surface area contributed by atoms with E-state index in [2.05, 4.69) is 15.6 Å². The zero-order valence-electron chi connectivity index (χ0n) is 17.5. The van der Waals surface area contributed by atoms with E-state index < -0.39 is 55.2 Å². The van der Waals surface area contributed by atoms with Crippen LogP contribution in [0.1, 0.15) is 30.4 Å². The van der Waals surface area contributed by atoms with Gasteiger partial charge in [-0.2, -0.15) is 13.2 Å². The number of benzene rings is 2. The molecule has 12 heteroatoms. The van der Waals surface area contributed by atoms with Gasteiger partial charge >= 0.3 is 6.18 Å². The number of hydrogen-bond donors (Lipinski definition) is 3. The lowest BCUT2D eigenvalue weighted by atomic mass is 9.97. The van der Waals surface area contributed by atoms with Crippen LogP contribution in [0.2, 0.25) is 10.0 Å². The van der Waals surface area contributed by atoms with Crippen molar-refractivity contribution in [3.8, 4) is 0 Å². The van der Waals surface area contributed by atoms with Crippen LogP contribution in [0, 0.1) is 5.92 Å². The van der Waals surface area contributed by atoms with Gasteiger partial charge in [0.2, 0.25) is 18.0 Å². The highest BCUT2D eigenvalue weighted by Gasteiger charge is 2.34. The molecule has 4 N–H and O–H groups in total. The first kappa shape index (κ1) is 25.5. The number of nitrogens with two attached hydrogens (primary N) is 1. The number of para-hydroxylation sites is 1. The normalized spacial score (nSPS) is 16.6. The van der Waals surface area contributed by atoms with Crippen LogP contribution in [0.3, 0.4) is 0 Å². The van der Waals surface area contributed by atoms with Crippen molar-refractivity contribution >= 4 is 52.3 Å². The van der Waals surface area contributed by atoms with Gasteiger partial charge in [-0.3, -0.25) is 14.4 Å². The maximum absolute atomic E-state index is 12.9. The van der Waals surface area contributed by atoms with Gasteiger partial charge in [0.1, 0.15) is 0 Å². The van der Waals surface area contributed by atoms with E-state index in [-0.39, 0.29) is 16.4 Å². The molecular weight excluding hydrogens is 496 g/mol. The van der Waals surface area contributed by atoms with Crippen LogP contribution in [0.15, 0.2) is 47.5 Å². The number of rotatable bonds is 7. The van der Waals surface area contributed by atoms with Crippen molar-refractivity contribution < 1.29 is 27.6 Å². The number of benzodiazepines with no additional fused rings is 1. The van der Waals surface area contributed by atoms with E-state index >= 15 is 0 Å². The lowest BCUT2D eigenvalue weighted by Crippen LogP contribution is -2.45. The fourth-order valence-corrected chi connectivity index (χ4v) is 3.83. The Bertz CT molecular complexity index is 1150. The van der Waals surface area contributed by atoms with Gasteiger partial charge in [0, 0.05) is 34.9 Å². The Morgan fingerprint density at radius 2 is 1.88 bits per heavy atom. The SMILES string of the molecule is NC(=O)CC(CCC(F)(F)F)C(=O)NC1N=C(c2cccc(Cl)c2)c2cccc(Cl)c2NC1=O. The monoisotopic (exact) mass is 514 g/mol. The first-order chi connectivity index (χ1) is 15.9. The van der Waals surface area contributed by atoms with Gasteiger partial charge in [-0.05, 0) is 24.6 Å². The van der Waals surface area contributed by atoms with Crippen LogP contribution in [-0.4, -0.2) is 35.8 Å². The van der Waals surface area contributed by atoms with Crippen LogP contribution >= 0.6 is 23.2 Å². The molecule has 1 heterocycles. The van der Waals surface area contributed by atoms with Crippen LogP contribution in [0.4, 0.5) is 18.9 Å². The van der Waals surface area contributed by atoms with Gasteiger partial charge in [-0.25, -0.2) is 4.99 Å². The molecule has 0 radical (unpaired) electrons. The first-order valence-electron chi connectivity index (χ1n) is 10.0. The van der Waals surface area contributed by atoms with Gasteiger partial charge in [0.25, 0.3) is 5.91 Å². The van der Waals surface area contributed by atoms with Crippen molar-refractivity contribution in [2.45, 2.75) is 31.6 Å². The van der Waals surface area contributed by atoms with E-state index in [0.717, 1.165) is 0 Å². The molecule has 3 rings (SSSR count). The number of halogens is 5. The molecule has 2 atom stereocenters. The minimum Gasteiger partial charge on any atom is -0.370 e. The van der Waals surface area contributed by atoms with Crippen LogP contribution in [0.5, 0.6) is 0 Å². The lowest BCUT2D eigenvalue weighted by Gasteiger charge is -2.19. The van der Waals surface area contributed by atoms with Crippen LogP contribution in [0.25, 0.3) is 0 Å². The Hall–Kier alpha value is -3.11. The predicted molar refractivity (Wildman–Crippen MR) is 122 cm³/mol. The Kier molecular flexibility index (Phi) is 7.83. The molecule has 0 aromatic heterocycles.